The Hall–Kier alpha value is -2.55. The molecule has 9 nitrogen and oxygen atoms in total. The second-order valence-corrected chi connectivity index (χ2v) is 20.9. The van der Waals surface area contributed by atoms with Crippen LogP contribution in [0.5, 0.6) is 0 Å². The van der Waals surface area contributed by atoms with Crippen molar-refractivity contribution in [3.8, 4) is 0 Å². The molecule has 2 atom stereocenters. The minimum absolute atomic E-state index is 0.0509. The van der Waals surface area contributed by atoms with Crippen molar-refractivity contribution in [3.63, 3.8) is 0 Å². The zero-order valence-electron chi connectivity index (χ0n) is 45.9. The van der Waals surface area contributed by atoms with E-state index in [-0.39, 0.29) is 32.6 Å². The van der Waals surface area contributed by atoms with E-state index in [1.54, 1.807) is 0 Å². The number of phosphoric acid groups is 1. The van der Waals surface area contributed by atoms with E-state index in [1.165, 1.54) is 148 Å². The fourth-order valence-electron chi connectivity index (χ4n) is 8.26. The highest BCUT2D eigenvalue weighted by atomic mass is 31.2. The number of ether oxygens (including phenoxy) is 2. The molecule has 3 N–H and O–H groups in total. The molecule has 0 aromatic carbocycles. The van der Waals surface area contributed by atoms with Crippen LogP contribution in [-0.4, -0.2) is 49.3 Å². The lowest BCUT2D eigenvalue weighted by molar-refractivity contribution is -0.161. The van der Waals surface area contributed by atoms with Crippen molar-refractivity contribution in [3.05, 3.63) is 72.9 Å². The quantitative estimate of drug-likeness (QED) is 0.0264. The maximum absolute atomic E-state index is 12.7. The first kappa shape index (κ1) is 68.5. The van der Waals surface area contributed by atoms with E-state index >= 15 is 0 Å². The van der Waals surface area contributed by atoms with E-state index in [4.69, 9.17) is 24.3 Å². The zero-order chi connectivity index (χ0) is 51.7. The van der Waals surface area contributed by atoms with E-state index < -0.39 is 32.5 Å². The summed E-state index contributed by atoms with van der Waals surface area (Å²) in [6.07, 6.45) is 72.8. The van der Waals surface area contributed by atoms with E-state index in [1.807, 2.05) is 0 Å². The predicted molar refractivity (Wildman–Crippen MR) is 302 cm³/mol. The van der Waals surface area contributed by atoms with Crippen molar-refractivity contribution in [1.29, 1.82) is 0 Å². The van der Waals surface area contributed by atoms with Gasteiger partial charge >= 0.3 is 19.8 Å². The SMILES string of the molecule is CC/C=C\C/C=C\C/C=C\C/C=C\CCCCCCCCCCCCCCCCCCCCCCCCCCC(=O)OC(COC(=O)CCCCCCC/C=C\C/C=C\CCC)COP(=O)(O)OCCN. The van der Waals surface area contributed by atoms with Gasteiger partial charge in [-0.3, -0.25) is 18.6 Å². The second-order valence-electron chi connectivity index (χ2n) is 19.5. The van der Waals surface area contributed by atoms with Gasteiger partial charge in [0.25, 0.3) is 0 Å². The molecule has 2 unspecified atom stereocenters. The summed E-state index contributed by atoms with van der Waals surface area (Å²) in [5.74, 6) is -0.837. The van der Waals surface area contributed by atoms with Crippen molar-refractivity contribution >= 4 is 19.8 Å². The van der Waals surface area contributed by atoms with E-state index in [9.17, 15) is 19.0 Å². The molecule has 0 aliphatic carbocycles. The number of esters is 2. The van der Waals surface area contributed by atoms with Crippen molar-refractivity contribution in [2.24, 2.45) is 5.73 Å². The molecule has 0 rings (SSSR count). The number of nitrogens with two attached hydrogens (primary N) is 1. The number of carbonyl (C=O) groups is 2. The average Bonchev–Trinajstić information content (AvgIpc) is 3.36. The molecule has 10 heteroatoms. The Morgan fingerprint density at radius 1 is 0.437 bits per heavy atom. The Bertz CT molecular complexity index is 1390. The molecule has 0 heterocycles. The molecule has 0 aromatic rings. The van der Waals surface area contributed by atoms with E-state index in [0.717, 1.165) is 83.5 Å². The number of phosphoric ester groups is 1. The van der Waals surface area contributed by atoms with Gasteiger partial charge in [0, 0.05) is 19.4 Å². The lowest BCUT2D eigenvalue weighted by atomic mass is 10.0. The third-order valence-electron chi connectivity index (χ3n) is 12.6. The maximum atomic E-state index is 12.7. The van der Waals surface area contributed by atoms with Gasteiger partial charge in [-0.15, -0.1) is 0 Å². The molecule has 412 valence electrons. The van der Waals surface area contributed by atoms with Crippen molar-refractivity contribution in [2.45, 2.75) is 277 Å². The van der Waals surface area contributed by atoms with Gasteiger partial charge in [-0.1, -0.05) is 254 Å². The lowest BCUT2D eigenvalue weighted by Gasteiger charge is -2.19. The Morgan fingerprint density at radius 2 is 0.775 bits per heavy atom. The molecule has 0 spiro atoms. The van der Waals surface area contributed by atoms with Crippen LogP contribution in [0.3, 0.4) is 0 Å². The minimum Gasteiger partial charge on any atom is -0.462 e. The first-order chi connectivity index (χ1) is 34.8. The van der Waals surface area contributed by atoms with Gasteiger partial charge in [0.15, 0.2) is 6.10 Å². The van der Waals surface area contributed by atoms with Crippen LogP contribution in [0, 0.1) is 0 Å². The number of carbonyl (C=O) groups excluding carboxylic acids is 2. The number of unbranched alkanes of at least 4 members (excludes halogenated alkanes) is 30. The van der Waals surface area contributed by atoms with Crippen LogP contribution in [0.4, 0.5) is 0 Å². The normalized spacial score (nSPS) is 13.6. The Balaban J connectivity index is 3.79. The van der Waals surface area contributed by atoms with Gasteiger partial charge in [-0.2, -0.15) is 0 Å². The van der Waals surface area contributed by atoms with Gasteiger partial charge < -0.3 is 20.1 Å². The van der Waals surface area contributed by atoms with Gasteiger partial charge in [0.05, 0.1) is 13.2 Å². The summed E-state index contributed by atoms with van der Waals surface area (Å²) in [5, 5.41) is 0. The zero-order valence-corrected chi connectivity index (χ0v) is 46.8. The number of allylic oxidation sites excluding steroid dienone is 12. The second kappa shape index (κ2) is 56.7. The Labute approximate surface area is 437 Å². The Morgan fingerprint density at radius 3 is 1.15 bits per heavy atom. The molecule has 0 aromatic heterocycles. The van der Waals surface area contributed by atoms with Crippen LogP contribution in [-0.2, 0) is 32.7 Å². The van der Waals surface area contributed by atoms with Gasteiger partial charge in [0.1, 0.15) is 6.61 Å². The smallest absolute Gasteiger partial charge is 0.462 e. The molecule has 0 aliphatic rings. The highest BCUT2D eigenvalue weighted by Crippen LogP contribution is 2.43. The van der Waals surface area contributed by atoms with Gasteiger partial charge in [-0.25, -0.2) is 4.57 Å². The Kier molecular flexibility index (Phi) is 54.7. The predicted octanol–water partition coefficient (Wildman–Crippen LogP) is 18.5. The van der Waals surface area contributed by atoms with Crippen LogP contribution < -0.4 is 5.73 Å². The summed E-state index contributed by atoms with van der Waals surface area (Å²) in [4.78, 5) is 35.1. The van der Waals surface area contributed by atoms with Crippen molar-refractivity contribution < 1.29 is 37.6 Å². The lowest BCUT2D eigenvalue weighted by Crippen LogP contribution is -2.29. The molecular formula is C61H110NO8P. The van der Waals surface area contributed by atoms with Crippen LogP contribution in [0.2, 0.25) is 0 Å². The third kappa shape index (κ3) is 56.6. The largest absolute Gasteiger partial charge is 0.472 e. The summed E-state index contributed by atoms with van der Waals surface area (Å²) in [5.41, 5.74) is 5.37. The molecule has 0 saturated heterocycles. The summed E-state index contributed by atoms with van der Waals surface area (Å²) < 4.78 is 32.9. The molecule has 0 radical (unpaired) electrons. The maximum Gasteiger partial charge on any atom is 0.472 e. The molecule has 0 saturated carbocycles. The van der Waals surface area contributed by atoms with Crippen molar-refractivity contribution in [2.75, 3.05) is 26.4 Å². The summed E-state index contributed by atoms with van der Waals surface area (Å²) in [6, 6.07) is 0. The first-order valence-corrected chi connectivity index (χ1v) is 30.9. The van der Waals surface area contributed by atoms with Crippen LogP contribution in [0.1, 0.15) is 271 Å². The van der Waals surface area contributed by atoms with Crippen LogP contribution in [0.15, 0.2) is 72.9 Å². The van der Waals surface area contributed by atoms with Crippen LogP contribution in [0.25, 0.3) is 0 Å². The number of hydrogen-bond acceptors (Lipinski definition) is 8. The van der Waals surface area contributed by atoms with E-state index in [2.05, 4.69) is 86.8 Å². The van der Waals surface area contributed by atoms with Gasteiger partial charge in [0.2, 0.25) is 0 Å². The fraction of sp³-hybridized carbons (Fsp3) is 0.770. The molecule has 0 fully saturated rings. The van der Waals surface area contributed by atoms with Crippen LogP contribution >= 0.6 is 7.82 Å². The topological polar surface area (TPSA) is 134 Å². The molecule has 0 amide bonds. The summed E-state index contributed by atoms with van der Waals surface area (Å²) >= 11 is 0. The molecular weight excluding hydrogens is 906 g/mol. The minimum atomic E-state index is -4.39. The highest BCUT2D eigenvalue weighted by molar-refractivity contribution is 7.47. The number of rotatable bonds is 55. The first-order valence-electron chi connectivity index (χ1n) is 29.4. The van der Waals surface area contributed by atoms with E-state index in [0.29, 0.717) is 12.8 Å². The standard InChI is InChI=1S/C61H110NO8P/c1-3-5-7-9-11-13-15-17-18-19-20-21-22-23-24-25-26-27-28-29-30-31-32-33-34-35-36-37-38-39-40-42-44-46-48-50-52-54-61(64)70-59(58-69-71(65,66)68-56-55-62)57-67-60(63)53-51-49-47-45-43-41-16-14-12-10-8-6-4-2/h5,7-8,10-11,13-14,16-18,20-21,59H,3-4,6,9,12,15,19,22-58,62H2,1-2H3,(H,65,66)/b7-5-,10-8-,13-11-,16-14-,18-17-,21-20-. The third-order valence-corrected chi connectivity index (χ3v) is 13.5. The van der Waals surface area contributed by atoms with Crippen molar-refractivity contribution in [1.82, 2.24) is 0 Å². The fourth-order valence-corrected chi connectivity index (χ4v) is 9.02. The molecule has 0 bridgehead atoms. The molecule has 0 aliphatic heterocycles. The average molecular weight is 1020 g/mol. The highest BCUT2D eigenvalue weighted by Gasteiger charge is 2.26. The molecule has 71 heavy (non-hydrogen) atoms. The van der Waals surface area contributed by atoms with Gasteiger partial charge in [-0.05, 0) is 77.0 Å². The summed E-state index contributed by atoms with van der Waals surface area (Å²) in [6.45, 7) is 3.57. The monoisotopic (exact) mass is 1020 g/mol. The summed E-state index contributed by atoms with van der Waals surface area (Å²) in [7, 11) is -4.39. The number of hydrogen-bond donors (Lipinski definition) is 2.